The van der Waals surface area contributed by atoms with Gasteiger partial charge in [0.1, 0.15) is 5.75 Å². The summed E-state index contributed by atoms with van der Waals surface area (Å²) < 4.78 is 5.63. The van der Waals surface area contributed by atoms with Crippen molar-refractivity contribution in [1.29, 1.82) is 0 Å². The second kappa shape index (κ2) is 9.19. The van der Waals surface area contributed by atoms with Crippen molar-refractivity contribution < 1.29 is 9.53 Å². The summed E-state index contributed by atoms with van der Waals surface area (Å²) in [5.41, 5.74) is 1.27. The Bertz CT molecular complexity index is 677. The average molecular weight is 373 g/mol. The van der Waals surface area contributed by atoms with Gasteiger partial charge in [0.2, 0.25) is 0 Å². The van der Waals surface area contributed by atoms with Crippen molar-refractivity contribution in [3.63, 3.8) is 0 Å². The van der Waals surface area contributed by atoms with Gasteiger partial charge in [0.25, 0.3) is 5.91 Å². The number of ether oxygens (including phenoxy) is 1. The van der Waals surface area contributed by atoms with Crippen LogP contribution < -0.4 is 10.1 Å². The van der Waals surface area contributed by atoms with E-state index in [4.69, 9.17) is 4.74 Å². The molecule has 1 N–H and O–H groups in total. The van der Waals surface area contributed by atoms with Crippen molar-refractivity contribution in [3.8, 4) is 5.75 Å². The van der Waals surface area contributed by atoms with E-state index >= 15 is 0 Å². The van der Waals surface area contributed by atoms with Crippen molar-refractivity contribution in [3.05, 3.63) is 52.2 Å². The molecule has 140 valence electrons. The zero-order valence-corrected chi connectivity index (χ0v) is 16.4. The predicted octanol–water partition coefficient (Wildman–Crippen LogP) is 4.20. The highest BCUT2D eigenvalue weighted by Crippen LogP contribution is 2.27. The van der Waals surface area contributed by atoms with Gasteiger partial charge in [-0.2, -0.15) is 0 Å². The standard InChI is InChI=1S/C21H28N2O2S/c1-16(2)17-7-9-18(10-8-17)25-15-21(24)22-14-19(20-6-5-13-26-20)23-11-3-4-12-23/h5-10,13,16,19H,3-4,11-12,14-15H2,1-2H3,(H,22,24)/t19-/m1/s1. The van der Waals surface area contributed by atoms with Crippen molar-refractivity contribution >= 4 is 17.2 Å². The number of nitrogens with zero attached hydrogens (tertiary/aromatic N) is 1. The highest BCUT2D eigenvalue weighted by Gasteiger charge is 2.24. The summed E-state index contributed by atoms with van der Waals surface area (Å²) in [5, 5.41) is 5.15. The number of thiophene rings is 1. The Kier molecular flexibility index (Phi) is 6.69. The summed E-state index contributed by atoms with van der Waals surface area (Å²) in [5.74, 6) is 1.16. The van der Waals surface area contributed by atoms with Gasteiger partial charge in [-0.15, -0.1) is 11.3 Å². The average Bonchev–Trinajstić information content (AvgIpc) is 3.35. The molecule has 4 nitrogen and oxygen atoms in total. The molecule has 1 aliphatic heterocycles. The SMILES string of the molecule is CC(C)c1ccc(OCC(=O)NC[C@H](c2cccs2)N2CCCC2)cc1. The molecule has 26 heavy (non-hydrogen) atoms. The maximum absolute atomic E-state index is 12.2. The molecular formula is C21H28N2O2S. The molecule has 1 fully saturated rings. The molecule has 0 bridgehead atoms. The molecule has 0 unspecified atom stereocenters. The molecule has 0 aliphatic carbocycles. The van der Waals surface area contributed by atoms with Crippen LogP contribution in [0.15, 0.2) is 41.8 Å². The minimum atomic E-state index is -0.0707. The van der Waals surface area contributed by atoms with E-state index in [1.54, 1.807) is 11.3 Å². The first kappa shape index (κ1) is 18.9. The van der Waals surface area contributed by atoms with Gasteiger partial charge in [-0.05, 0) is 61.0 Å². The zero-order chi connectivity index (χ0) is 18.4. The first-order valence-corrected chi connectivity index (χ1v) is 10.3. The van der Waals surface area contributed by atoms with E-state index in [1.165, 1.54) is 23.3 Å². The van der Waals surface area contributed by atoms with Crippen LogP contribution in [-0.2, 0) is 4.79 Å². The molecule has 0 radical (unpaired) electrons. The number of carbonyl (C=O) groups excluding carboxylic acids is 1. The van der Waals surface area contributed by atoms with Crippen LogP contribution in [0.4, 0.5) is 0 Å². The Morgan fingerprint density at radius 1 is 1.19 bits per heavy atom. The predicted molar refractivity (Wildman–Crippen MR) is 107 cm³/mol. The maximum atomic E-state index is 12.2. The van der Waals surface area contributed by atoms with E-state index in [-0.39, 0.29) is 18.6 Å². The normalized spacial score (nSPS) is 16.0. The lowest BCUT2D eigenvalue weighted by molar-refractivity contribution is -0.123. The third kappa shape index (κ3) is 5.08. The number of nitrogens with one attached hydrogen (secondary N) is 1. The van der Waals surface area contributed by atoms with Crippen LogP contribution in [0.25, 0.3) is 0 Å². The fourth-order valence-electron chi connectivity index (χ4n) is 3.30. The molecule has 1 atom stereocenters. The van der Waals surface area contributed by atoms with Gasteiger partial charge in [0, 0.05) is 11.4 Å². The topological polar surface area (TPSA) is 41.6 Å². The Morgan fingerprint density at radius 2 is 1.92 bits per heavy atom. The Hall–Kier alpha value is -1.85. The van der Waals surface area contributed by atoms with Crippen LogP contribution in [0.3, 0.4) is 0 Å². The minimum absolute atomic E-state index is 0.0538. The maximum Gasteiger partial charge on any atom is 0.258 e. The lowest BCUT2D eigenvalue weighted by atomic mass is 10.0. The van der Waals surface area contributed by atoms with E-state index in [9.17, 15) is 4.79 Å². The molecule has 0 spiro atoms. The molecule has 0 saturated carbocycles. The summed E-state index contributed by atoms with van der Waals surface area (Å²) >= 11 is 1.76. The lowest BCUT2D eigenvalue weighted by Crippen LogP contribution is -2.38. The molecule has 2 heterocycles. The van der Waals surface area contributed by atoms with Gasteiger partial charge in [-0.25, -0.2) is 0 Å². The third-order valence-electron chi connectivity index (χ3n) is 4.86. The zero-order valence-electron chi connectivity index (χ0n) is 15.6. The monoisotopic (exact) mass is 372 g/mol. The molecule has 2 aromatic rings. The van der Waals surface area contributed by atoms with Gasteiger partial charge in [-0.3, -0.25) is 9.69 Å². The summed E-state index contributed by atoms with van der Waals surface area (Å²) in [6.45, 7) is 7.23. The minimum Gasteiger partial charge on any atom is -0.484 e. The fourth-order valence-corrected chi connectivity index (χ4v) is 4.16. The number of rotatable bonds is 8. The van der Waals surface area contributed by atoms with Gasteiger partial charge in [0.15, 0.2) is 6.61 Å². The molecular weight excluding hydrogens is 344 g/mol. The molecule has 3 rings (SSSR count). The summed E-state index contributed by atoms with van der Waals surface area (Å²) in [4.78, 5) is 16.0. The van der Waals surface area contributed by atoms with Crippen LogP contribution in [0.5, 0.6) is 5.75 Å². The van der Waals surface area contributed by atoms with Crippen molar-refractivity contribution in [2.75, 3.05) is 26.2 Å². The smallest absolute Gasteiger partial charge is 0.258 e. The Labute approximate surface area is 160 Å². The van der Waals surface area contributed by atoms with E-state index in [2.05, 4.69) is 53.7 Å². The van der Waals surface area contributed by atoms with E-state index in [0.29, 0.717) is 12.5 Å². The molecule has 1 amide bonds. The molecule has 1 saturated heterocycles. The van der Waals surface area contributed by atoms with Crippen LogP contribution >= 0.6 is 11.3 Å². The first-order valence-electron chi connectivity index (χ1n) is 9.40. The van der Waals surface area contributed by atoms with Crippen LogP contribution in [0.1, 0.15) is 49.1 Å². The molecule has 1 aromatic carbocycles. The Morgan fingerprint density at radius 3 is 2.54 bits per heavy atom. The molecule has 1 aliphatic rings. The van der Waals surface area contributed by atoms with Gasteiger partial charge in [0.05, 0.1) is 6.04 Å². The van der Waals surface area contributed by atoms with Crippen LogP contribution in [0.2, 0.25) is 0 Å². The summed E-state index contributed by atoms with van der Waals surface area (Å²) in [7, 11) is 0. The summed E-state index contributed by atoms with van der Waals surface area (Å²) in [6, 6.07) is 12.5. The highest BCUT2D eigenvalue weighted by molar-refractivity contribution is 7.10. The molecule has 1 aromatic heterocycles. The van der Waals surface area contributed by atoms with Crippen LogP contribution in [-0.4, -0.2) is 37.0 Å². The first-order chi connectivity index (χ1) is 12.6. The Balaban J connectivity index is 1.49. The van der Waals surface area contributed by atoms with Gasteiger partial charge < -0.3 is 10.1 Å². The number of hydrogen-bond donors (Lipinski definition) is 1. The highest BCUT2D eigenvalue weighted by atomic mass is 32.1. The fraction of sp³-hybridized carbons (Fsp3) is 0.476. The second-order valence-corrected chi connectivity index (χ2v) is 8.07. The number of carbonyl (C=O) groups is 1. The van der Waals surface area contributed by atoms with Crippen molar-refractivity contribution in [1.82, 2.24) is 10.2 Å². The van der Waals surface area contributed by atoms with Crippen LogP contribution in [0, 0.1) is 0 Å². The van der Waals surface area contributed by atoms with Crippen molar-refractivity contribution in [2.24, 2.45) is 0 Å². The largest absolute Gasteiger partial charge is 0.484 e. The second-order valence-electron chi connectivity index (χ2n) is 7.09. The van der Waals surface area contributed by atoms with E-state index < -0.39 is 0 Å². The number of benzene rings is 1. The lowest BCUT2D eigenvalue weighted by Gasteiger charge is -2.26. The summed E-state index contributed by atoms with van der Waals surface area (Å²) in [6.07, 6.45) is 2.48. The molecule has 5 heteroatoms. The van der Waals surface area contributed by atoms with Crippen molar-refractivity contribution in [2.45, 2.75) is 38.6 Å². The van der Waals surface area contributed by atoms with Gasteiger partial charge in [-0.1, -0.05) is 32.0 Å². The van der Waals surface area contributed by atoms with E-state index in [1.807, 2.05) is 12.1 Å². The quantitative estimate of drug-likeness (QED) is 0.755. The van der Waals surface area contributed by atoms with Gasteiger partial charge >= 0.3 is 0 Å². The van der Waals surface area contributed by atoms with E-state index in [0.717, 1.165) is 18.8 Å². The third-order valence-corrected chi connectivity index (χ3v) is 5.84. The number of amides is 1. The number of likely N-dealkylation sites (tertiary alicyclic amines) is 1. The number of hydrogen-bond acceptors (Lipinski definition) is 4.